The molecule has 0 bridgehead atoms. The maximum Gasteiger partial charge on any atom is 0.258 e. The minimum atomic E-state index is -0.475. The molecule has 1 aliphatic heterocycles. The predicted molar refractivity (Wildman–Crippen MR) is 88.4 cm³/mol. The molecule has 1 aromatic rings. The molecule has 116 valence electrons. The fraction of sp³-hybridized carbons (Fsp3) is 0.294. The van der Waals surface area contributed by atoms with Gasteiger partial charge in [0.05, 0.1) is 4.75 Å². The summed E-state index contributed by atoms with van der Waals surface area (Å²) in [6.07, 6.45) is 3.75. The van der Waals surface area contributed by atoms with Gasteiger partial charge in [-0.25, -0.2) is 0 Å². The number of hydrogen-bond acceptors (Lipinski definition) is 4. The third-order valence-electron chi connectivity index (χ3n) is 3.28. The molecular weight excluding hydrogens is 298 g/mol. The molecule has 0 aliphatic carbocycles. The van der Waals surface area contributed by atoms with Crippen LogP contribution in [0.3, 0.4) is 0 Å². The second-order valence-electron chi connectivity index (χ2n) is 5.20. The molecule has 1 aromatic carbocycles. The topological polar surface area (TPSA) is 55.4 Å². The zero-order valence-electron chi connectivity index (χ0n) is 12.5. The van der Waals surface area contributed by atoms with Crippen molar-refractivity contribution in [3.05, 3.63) is 60.4 Å². The van der Waals surface area contributed by atoms with E-state index in [9.17, 15) is 9.59 Å². The Labute approximate surface area is 134 Å². The number of carbonyl (C=O) groups is 2. The Kier molecular flexibility index (Phi) is 5.44. The molecule has 1 atom stereocenters. The van der Waals surface area contributed by atoms with Gasteiger partial charge < -0.3 is 10.1 Å². The van der Waals surface area contributed by atoms with Crippen molar-refractivity contribution in [1.82, 2.24) is 5.32 Å². The average molecular weight is 317 g/mol. The number of rotatable bonds is 7. The summed E-state index contributed by atoms with van der Waals surface area (Å²) in [4.78, 5) is 23.4. The second kappa shape index (κ2) is 7.31. The molecular formula is C17H19NO3S. The highest BCUT2D eigenvalue weighted by molar-refractivity contribution is 8.15. The van der Waals surface area contributed by atoms with Crippen LogP contribution < -0.4 is 5.32 Å². The van der Waals surface area contributed by atoms with Crippen LogP contribution in [-0.4, -0.2) is 28.9 Å². The first-order valence-corrected chi connectivity index (χ1v) is 7.84. The molecule has 0 radical (unpaired) electrons. The SMILES string of the molecule is C=CCNC(=O)COC1=CC(=O)S[C@]1(C)Cc1ccccc1. The maximum absolute atomic E-state index is 11.8. The van der Waals surface area contributed by atoms with Crippen LogP contribution in [0, 0.1) is 0 Å². The van der Waals surface area contributed by atoms with Gasteiger partial charge in [0.1, 0.15) is 5.76 Å². The predicted octanol–water partition coefficient (Wildman–Crippen LogP) is 2.46. The van der Waals surface area contributed by atoms with E-state index in [4.69, 9.17) is 4.74 Å². The first-order valence-electron chi connectivity index (χ1n) is 7.03. The summed E-state index contributed by atoms with van der Waals surface area (Å²) in [6.45, 7) is 5.80. The summed E-state index contributed by atoms with van der Waals surface area (Å²) < 4.78 is 5.12. The molecule has 1 aliphatic rings. The van der Waals surface area contributed by atoms with Crippen LogP contribution in [0.25, 0.3) is 0 Å². The van der Waals surface area contributed by atoms with Gasteiger partial charge in [-0.15, -0.1) is 6.58 Å². The molecule has 0 spiro atoms. The average Bonchev–Trinajstić information content (AvgIpc) is 2.77. The van der Waals surface area contributed by atoms with Crippen LogP contribution in [0.2, 0.25) is 0 Å². The van der Waals surface area contributed by atoms with E-state index in [1.807, 2.05) is 37.3 Å². The lowest BCUT2D eigenvalue weighted by Gasteiger charge is -2.26. The first kappa shape index (κ1) is 16.4. The minimum absolute atomic E-state index is 0.0417. The highest BCUT2D eigenvalue weighted by atomic mass is 32.2. The Balaban J connectivity index is 2.01. The smallest absolute Gasteiger partial charge is 0.258 e. The monoisotopic (exact) mass is 317 g/mol. The highest BCUT2D eigenvalue weighted by Gasteiger charge is 2.40. The van der Waals surface area contributed by atoms with E-state index in [1.165, 1.54) is 17.8 Å². The minimum Gasteiger partial charge on any atom is -0.486 e. The van der Waals surface area contributed by atoms with Gasteiger partial charge in [-0.2, -0.15) is 0 Å². The van der Waals surface area contributed by atoms with Crippen LogP contribution in [-0.2, 0) is 20.7 Å². The van der Waals surface area contributed by atoms with Crippen molar-refractivity contribution in [1.29, 1.82) is 0 Å². The van der Waals surface area contributed by atoms with Crippen molar-refractivity contribution in [2.45, 2.75) is 18.1 Å². The first-order chi connectivity index (χ1) is 10.5. The highest BCUT2D eigenvalue weighted by Crippen LogP contribution is 2.42. The van der Waals surface area contributed by atoms with Crippen molar-refractivity contribution in [3.8, 4) is 0 Å². The molecule has 5 heteroatoms. The summed E-state index contributed by atoms with van der Waals surface area (Å²) >= 11 is 1.24. The quantitative estimate of drug-likeness (QED) is 0.785. The van der Waals surface area contributed by atoms with Crippen molar-refractivity contribution < 1.29 is 14.3 Å². The molecule has 1 heterocycles. The number of nitrogens with one attached hydrogen (secondary N) is 1. The van der Waals surface area contributed by atoms with Crippen LogP contribution in [0.1, 0.15) is 12.5 Å². The number of ether oxygens (including phenoxy) is 1. The van der Waals surface area contributed by atoms with E-state index in [-0.39, 0.29) is 17.6 Å². The molecule has 2 rings (SSSR count). The Morgan fingerprint density at radius 3 is 2.82 bits per heavy atom. The zero-order valence-corrected chi connectivity index (χ0v) is 13.3. The van der Waals surface area contributed by atoms with Crippen molar-refractivity contribution in [2.75, 3.05) is 13.2 Å². The number of hydrogen-bond donors (Lipinski definition) is 1. The number of thioether (sulfide) groups is 1. The third-order valence-corrected chi connectivity index (χ3v) is 4.40. The van der Waals surface area contributed by atoms with E-state index < -0.39 is 4.75 Å². The van der Waals surface area contributed by atoms with Crippen molar-refractivity contribution in [2.24, 2.45) is 0 Å². The Bertz CT molecular complexity index is 597. The van der Waals surface area contributed by atoms with E-state index in [2.05, 4.69) is 11.9 Å². The van der Waals surface area contributed by atoms with E-state index in [0.29, 0.717) is 18.7 Å². The standard InChI is InChI=1S/C17H19NO3S/c1-3-9-18-15(19)12-21-14-10-16(20)22-17(14,2)11-13-7-5-4-6-8-13/h3-8,10H,1,9,11-12H2,2H3,(H,18,19)/t17-/m1/s1. The van der Waals surface area contributed by atoms with Gasteiger partial charge in [0.25, 0.3) is 5.91 Å². The molecule has 1 N–H and O–H groups in total. The normalized spacial score (nSPS) is 20.4. The summed E-state index contributed by atoms with van der Waals surface area (Å²) in [5.74, 6) is 0.326. The molecule has 22 heavy (non-hydrogen) atoms. The van der Waals surface area contributed by atoms with E-state index >= 15 is 0 Å². The number of amides is 1. The van der Waals surface area contributed by atoms with Crippen LogP contribution in [0.4, 0.5) is 0 Å². The van der Waals surface area contributed by atoms with Crippen LogP contribution >= 0.6 is 11.8 Å². The van der Waals surface area contributed by atoms with Crippen LogP contribution in [0.15, 0.2) is 54.8 Å². The van der Waals surface area contributed by atoms with Crippen molar-refractivity contribution in [3.63, 3.8) is 0 Å². The molecule has 0 fully saturated rings. The van der Waals surface area contributed by atoms with Gasteiger partial charge in [0.2, 0.25) is 5.12 Å². The van der Waals surface area contributed by atoms with E-state index in [0.717, 1.165) is 5.56 Å². The molecule has 0 saturated heterocycles. The summed E-state index contributed by atoms with van der Waals surface area (Å²) in [5, 5.41) is 2.60. The van der Waals surface area contributed by atoms with Crippen molar-refractivity contribution >= 4 is 22.8 Å². The summed E-state index contributed by atoms with van der Waals surface area (Å²) in [5.41, 5.74) is 1.12. The van der Waals surface area contributed by atoms with Gasteiger partial charge in [0.15, 0.2) is 6.61 Å². The largest absolute Gasteiger partial charge is 0.486 e. The second-order valence-corrected chi connectivity index (χ2v) is 6.71. The van der Waals surface area contributed by atoms with E-state index in [1.54, 1.807) is 6.08 Å². The third kappa shape index (κ3) is 4.24. The zero-order chi connectivity index (χ0) is 16.0. The van der Waals surface area contributed by atoms with Gasteiger partial charge in [-0.3, -0.25) is 9.59 Å². The van der Waals surface area contributed by atoms with Gasteiger partial charge in [0, 0.05) is 12.6 Å². The number of benzene rings is 1. The molecule has 4 nitrogen and oxygen atoms in total. The summed E-state index contributed by atoms with van der Waals surface area (Å²) in [6, 6.07) is 9.92. The lowest BCUT2D eigenvalue weighted by molar-refractivity contribution is -0.124. The fourth-order valence-corrected chi connectivity index (χ4v) is 3.31. The molecule has 0 unspecified atom stereocenters. The lowest BCUT2D eigenvalue weighted by atomic mass is 9.98. The Morgan fingerprint density at radius 2 is 2.14 bits per heavy atom. The van der Waals surface area contributed by atoms with Gasteiger partial charge in [-0.1, -0.05) is 48.2 Å². The fourth-order valence-electron chi connectivity index (χ4n) is 2.24. The molecule has 0 saturated carbocycles. The molecule has 0 aromatic heterocycles. The number of carbonyl (C=O) groups excluding carboxylic acids is 2. The molecule has 1 amide bonds. The lowest BCUT2D eigenvalue weighted by Crippen LogP contribution is -2.31. The van der Waals surface area contributed by atoms with Crippen LogP contribution in [0.5, 0.6) is 0 Å². The maximum atomic E-state index is 11.8. The van der Waals surface area contributed by atoms with Gasteiger partial charge in [-0.05, 0) is 18.9 Å². The summed E-state index contributed by atoms with van der Waals surface area (Å²) in [7, 11) is 0. The van der Waals surface area contributed by atoms with Gasteiger partial charge >= 0.3 is 0 Å². The Morgan fingerprint density at radius 1 is 1.41 bits per heavy atom. The Hall–Kier alpha value is -2.01.